The molecule has 1 aromatic carbocycles. The maximum atomic E-state index is 11.8. The molecular weight excluding hydrogens is 250 g/mol. The summed E-state index contributed by atoms with van der Waals surface area (Å²) in [4.78, 5) is 11.8. The van der Waals surface area contributed by atoms with Crippen molar-refractivity contribution in [2.24, 2.45) is 0 Å². The van der Waals surface area contributed by atoms with Gasteiger partial charge in [-0.15, -0.1) is 0 Å². The van der Waals surface area contributed by atoms with E-state index < -0.39 is 21.0 Å². The van der Waals surface area contributed by atoms with Gasteiger partial charge >= 0.3 is 0 Å². The molecule has 2 rings (SSSR count). The molecule has 1 atom stereocenters. The highest BCUT2D eigenvalue weighted by Crippen LogP contribution is 2.25. The van der Waals surface area contributed by atoms with Crippen molar-refractivity contribution < 1.29 is 13.2 Å². The number of carbonyl (C=O) groups excluding carboxylic acids is 1. The minimum absolute atomic E-state index is 0.476. The summed E-state index contributed by atoms with van der Waals surface area (Å²) in [5.41, 5.74) is 3.25. The number of anilines is 1. The maximum absolute atomic E-state index is 11.8. The molecule has 5 heteroatoms. The Bertz CT molecular complexity index is 578. The molecule has 1 aliphatic carbocycles. The summed E-state index contributed by atoms with van der Waals surface area (Å²) in [6.07, 6.45) is 4.33. The molecule has 0 aromatic heterocycles. The van der Waals surface area contributed by atoms with Crippen molar-refractivity contribution in [3.05, 3.63) is 29.3 Å². The van der Waals surface area contributed by atoms with Gasteiger partial charge in [0.15, 0.2) is 9.84 Å². The SMILES string of the molecule is C[C@@H](C(=O)Nc1ccc2c(c1)CCC2)S(C)(=O)=O. The first-order chi connectivity index (χ1) is 8.38. The van der Waals surface area contributed by atoms with E-state index in [9.17, 15) is 13.2 Å². The predicted molar refractivity (Wildman–Crippen MR) is 71.4 cm³/mol. The molecular formula is C13H17NO3S. The van der Waals surface area contributed by atoms with E-state index in [-0.39, 0.29) is 0 Å². The molecule has 1 N–H and O–H groups in total. The minimum atomic E-state index is -3.35. The smallest absolute Gasteiger partial charge is 0.242 e. The molecule has 0 unspecified atom stereocenters. The van der Waals surface area contributed by atoms with E-state index in [0.717, 1.165) is 25.5 Å². The van der Waals surface area contributed by atoms with Gasteiger partial charge in [-0.3, -0.25) is 4.79 Å². The van der Waals surface area contributed by atoms with Gasteiger partial charge in [-0.2, -0.15) is 0 Å². The molecule has 0 saturated heterocycles. The Morgan fingerprint density at radius 3 is 2.61 bits per heavy atom. The third-order valence-corrected chi connectivity index (χ3v) is 4.88. The fourth-order valence-electron chi connectivity index (χ4n) is 2.09. The number of aryl methyl sites for hydroxylation is 2. The van der Waals surface area contributed by atoms with Gasteiger partial charge in [0.05, 0.1) is 0 Å². The lowest BCUT2D eigenvalue weighted by Crippen LogP contribution is -2.31. The second kappa shape index (κ2) is 4.72. The number of hydrogen-bond acceptors (Lipinski definition) is 3. The highest BCUT2D eigenvalue weighted by molar-refractivity contribution is 7.92. The molecule has 0 bridgehead atoms. The first-order valence-corrected chi connectivity index (χ1v) is 7.95. The fourth-order valence-corrected chi connectivity index (χ4v) is 2.54. The third kappa shape index (κ3) is 2.72. The molecule has 0 fully saturated rings. The number of rotatable bonds is 3. The van der Waals surface area contributed by atoms with Crippen LogP contribution in [0.2, 0.25) is 0 Å². The van der Waals surface area contributed by atoms with Crippen LogP contribution in [0.5, 0.6) is 0 Å². The summed E-state index contributed by atoms with van der Waals surface area (Å²) in [5.74, 6) is -0.476. The van der Waals surface area contributed by atoms with Crippen molar-refractivity contribution in [1.82, 2.24) is 0 Å². The van der Waals surface area contributed by atoms with Crippen molar-refractivity contribution in [2.45, 2.75) is 31.4 Å². The monoisotopic (exact) mass is 267 g/mol. The van der Waals surface area contributed by atoms with Crippen LogP contribution in [0, 0.1) is 0 Å². The van der Waals surface area contributed by atoms with Gasteiger partial charge in [0.25, 0.3) is 0 Å². The molecule has 1 amide bonds. The van der Waals surface area contributed by atoms with Crippen LogP contribution in [0.1, 0.15) is 24.5 Å². The topological polar surface area (TPSA) is 63.2 Å². The maximum Gasteiger partial charge on any atom is 0.242 e. The van der Waals surface area contributed by atoms with Crippen LogP contribution >= 0.6 is 0 Å². The third-order valence-electron chi connectivity index (χ3n) is 3.38. The highest BCUT2D eigenvalue weighted by atomic mass is 32.2. The van der Waals surface area contributed by atoms with E-state index in [2.05, 4.69) is 5.32 Å². The van der Waals surface area contributed by atoms with E-state index in [0.29, 0.717) is 5.69 Å². The molecule has 0 saturated carbocycles. The van der Waals surface area contributed by atoms with Crippen molar-refractivity contribution >= 4 is 21.4 Å². The quantitative estimate of drug-likeness (QED) is 0.903. The minimum Gasteiger partial charge on any atom is -0.325 e. The number of sulfone groups is 1. The fraction of sp³-hybridized carbons (Fsp3) is 0.462. The first-order valence-electron chi connectivity index (χ1n) is 5.99. The second-order valence-corrected chi connectivity index (χ2v) is 7.16. The standard InChI is InChI=1S/C13H17NO3S/c1-9(18(2,16)17)13(15)14-12-7-6-10-4-3-5-11(10)8-12/h6-9H,3-5H2,1-2H3,(H,14,15)/t9-/m0/s1. The molecule has 98 valence electrons. The second-order valence-electron chi connectivity index (χ2n) is 4.80. The zero-order valence-corrected chi connectivity index (χ0v) is 11.4. The number of amides is 1. The Hall–Kier alpha value is -1.36. The van der Waals surface area contributed by atoms with Crippen LogP contribution in [0.4, 0.5) is 5.69 Å². The van der Waals surface area contributed by atoms with Crippen molar-refractivity contribution in [2.75, 3.05) is 11.6 Å². The van der Waals surface area contributed by atoms with Gasteiger partial charge in [-0.05, 0) is 49.4 Å². The summed E-state index contributed by atoms with van der Waals surface area (Å²) in [6.45, 7) is 1.40. The van der Waals surface area contributed by atoms with E-state index in [1.807, 2.05) is 18.2 Å². The number of carbonyl (C=O) groups is 1. The van der Waals surface area contributed by atoms with Crippen LogP contribution < -0.4 is 5.32 Å². The highest BCUT2D eigenvalue weighted by Gasteiger charge is 2.23. The lowest BCUT2D eigenvalue weighted by molar-refractivity contribution is -0.115. The Morgan fingerprint density at radius 1 is 1.28 bits per heavy atom. The number of hydrogen-bond donors (Lipinski definition) is 1. The predicted octanol–water partition coefficient (Wildman–Crippen LogP) is 1.55. The number of nitrogens with one attached hydrogen (secondary N) is 1. The summed E-state index contributed by atoms with van der Waals surface area (Å²) in [5, 5.41) is 1.64. The van der Waals surface area contributed by atoms with Gasteiger partial charge in [0.2, 0.25) is 5.91 Å². The van der Waals surface area contributed by atoms with Crippen molar-refractivity contribution in [3.63, 3.8) is 0 Å². The normalized spacial score (nSPS) is 16.1. The van der Waals surface area contributed by atoms with E-state index in [1.165, 1.54) is 18.1 Å². The molecule has 0 heterocycles. The molecule has 4 nitrogen and oxygen atoms in total. The van der Waals surface area contributed by atoms with Gasteiger partial charge in [-0.25, -0.2) is 8.42 Å². The lowest BCUT2D eigenvalue weighted by atomic mass is 10.1. The summed E-state index contributed by atoms with van der Waals surface area (Å²) >= 11 is 0. The van der Waals surface area contributed by atoms with Gasteiger partial charge in [-0.1, -0.05) is 6.07 Å². The van der Waals surface area contributed by atoms with E-state index >= 15 is 0 Å². The van der Waals surface area contributed by atoms with Crippen LogP contribution in [-0.2, 0) is 27.5 Å². The Labute approximate surface area is 107 Å². The number of fused-ring (bicyclic) bond motifs is 1. The summed E-state index contributed by atoms with van der Waals surface area (Å²) in [6, 6.07) is 5.77. The van der Waals surface area contributed by atoms with Gasteiger partial charge < -0.3 is 5.32 Å². The lowest BCUT2D eigenvalue weighted by Gasteiger charge is -2.11. The van der Waals surface area contributed by atoms with Crippen molar-refractivity contribution in [3.8, 4) is 0 Å². The van der Waals surface area contributed by atoms with Crippen LogP contribution in [0.25, 0.3) is 0 Å². The molecule has 0 spiro atoms. The van der Waals surface area contributed by atoms with Gasteiger partial charge in [0.1, 0.15) is 5.25 Å². The molecule has 1 aromatic rings. The zero-order valence-electron chi connectivity index (χ0n) is 10.6. The van der Waals surface area contributed by atoms with Crippen molar-refractivity contribution in [1.29, 1.82) is 0 Å². The molecule has 18 heavy (non-hydrogen) atoms. The molecule has 0 aliphatic heterocycles. The Morgan fingerprint density at radius 2 is 1.94 bits per heavy atom. The molecule has 1 aliphatic rings. The average Bonchev–Trinajstić information content (AvgIpc) is 2.73. The number of benzene rings is 1. The summed E-state index contributed by atoms with van der Waals surface area (Å²) < 4.78 is 22.6. The Kier molecular flexibility index (Phi) is 3.43. The van der Waals surface area contributed by atoms with Crippen LogP contribution in [0.15, 0.2) is 18.2 Å². The Balaban J connectivity index is 2.13. The van der Waals surface area contributed by atoms with E-state index in [1.54, 1.807) is 0 Å². The van der Waals surface area contributed by atoms with Crippen LogP contribution in [0.3, 0.4) is 0 Å². The summed E-state index contributed by atoms with van der Waals surface area (Å²) in [7, 11) is -3.35. The van der Waals surface area contributed by atoms with E-state index in [4.69, 9.17) is 0 Å². The molecule has 0 radical (unpaired) electrons. The van der Waals surface area contributed by atoms with Gasteiger partial charge in [0, 0.05) is 11.9 Å². The van der Waals surface area contributed by atoms with Crippen LogP contribution in [-0.4, -0.2) is 25.8 Å². The first kappa shape index (κ1) is 13.1. The largest absolute Gasteiger partial charge is 0.325 e. The zero-order chi connectivity index (χ0) is 13.3. The average molecular weight is 267 g/mol.